The normalized spacial score (nSPS) is 26.3. The van der Waals surface area contributed by atoms with Crippen molar-refractivity contribution in [2.75, 3.05) is 20.2 Å². The summed E-state index contributed by atoms with van der Waals surface area (Å²) in [5.41, 5.74) is 7.58. The summed E-state index contributed by atoms with van der Waals surface area (Å²) in [4.78, 5) is 2.34. The highest BCUT2D eigenvalue weighted by atomic mass is 16.6. The third-order valence-electron chi connectivity index (χ3n) is 3.49. The Kier molecular flexibility index (Phi) is 4.09. The van der Waals surface area contributed by atoms with Crippen LogP contribution in [0.2, 0.25) is 0 Å². The third kappa shape index (κ3) is 2.83. The van der Waals surface area contributed by atoms with Crippen LogP contribution in [0.5, 0.6) is 0 Å². The predicted molar refractivity (Wildman–Crippen MR) is 62.3 cm³/mol. The van der Waals surface area contributed by atoms with Crippen LogP contribution in [0.4, 0.5) is 0 Å². The van der Waals surface area contributed by atoms with Crippen LogP contribution in [0, 0.1) is 6.92 Å². The van der Waals surface area contributed by atoms with Gasteiger partial charge in [0.1, 0.15) is 11.4 Å². The second-order valence-electron chi connectivity index (χ2n) is 4.54. The lowest BCUT2D eigenvalue weighted by atomic mass is 9.99. The van der Waals surface area contributed by atoms with Gasteiger partial charge in [0, 0.05) is 32.8 Å². The van der Waals surface area contributed by atoms with Crippen molar-refractivity contribution in [2.24, 2.45) is 5.73 Å². The first kappa shape index (κ1) is 12.5. The molecule has 1 aromatic rings. The van der Waals surface area contributed by atoms with Crippen LogP contribution in [0.15, 0.2) is 4.63 Å². The maximum Gasteiger partial charge on any atom is 0.122 e. The molecule has 96 valence electrons. The number of likely N-dealkylation sites (tertiary alicyclic amines) is 1. The molecule has 0 saturated carbocycles. The van der Waals surface area contributed by atoms with Crippen LogP contribution >= 0.6 is 0 Å². The van der Waals surface area contributed by atoms with Crippen molar-refractivity contribution < 1.29 is 9.37 Å². The van der Waals surface area contributed by atoms with Gasteiger partial charge in [0.05, 0.1) is 6.10 Å². The second kappa shape index (κ2) is 5.57. The van der Waals surface area contributed by atoms with Crippen LogP contribution in [0.3, 0.4) is 0 Å². The SMILES string of the molecule is COC1CCN(Cc2nonc2C)C(CN)C1. The van der Waals surface area contributed by atoms with Crippen LogP contribution in [0.1, 0.15) is 24.2 Å². The highest BCUT2D eigenvalue weighted by molar-refractivity contribution is 5.05. The van der Waals surface area contributed by atoms with Crippen molar-refractivity contribution in [2.45, 2.75) is 38.5 Å². The zero-order valence-corrected chi connectivity index (χ0v) is 10.4. The zero-order valence-electron chi connectivity index (χ0n) is 10.4. The van der Waals surface area contributed by atoms with Crippen LogP contribution in [-0.4, -0.2) is 47.6 Å². The van der Waals surface area contributed by atoms with Crippen molar-refractivity contribution in [1.82, 2.24) is 15.2 Å². The lowest BCUT2D eigenvalue weighted by Gasteiger charge is -2.37. The summed E-state index contributed by atoms with van der Waals surface area (Å²) in [6, 6.07) is 0.352. The first-order valence-electron chi connectivity index (χ1n) is 5.99. The molecule has 2 N–H and O–H groups in total. The molecular weight excluding hydrogens is 220 g/mol. The number of methoxy groups -OCH3 is 1. The summed E-state index contributed by atoms with van der Waals surface area (Å²) in [6.45, 7) is 4.29. The Labute approximate surface area is 101 Å². The molecule has 1 aromatic heterocycles. The minimum atomic E-state index is 0.330. The van der Waals surface area contributed by atoms with Crippen LogP contribution in [0.25, 0.3) is 0 Å². The highest BCUT2D eigenvalue weighted by Crippen LogP contribution is 2.21. The van der Waals surface area contributed by atoms with E-state index in [2.05, 4.69) is 15.2 Å². The summed E-state index contributed by atoms with van der Waals surface area (Å²) in [5, 5.41) is 7.71. The molecule has 0 amide bonds. The first-order chi connectivity index (χ1) is 8.24. The van der Waals surface area contributed by atoms with Crippen molar-refractivity contribution in [3.8, 4) is 0 Å². The van der Waals surface area contributed by atoms with Crippen molar-refractivity contribution in [3.63, 3.8) is 0 Å². The number of nitrogens with zero attached hydrogens (tertiary/aromatic N) is 3. The Bertz CT molecular complexity index is 355. The number of rotatable bonds is 4. The summed E-state index contributed by atoms with van der Waals surface area (Å²) < 4.78 is 10.1. The van der Waals surface area contributed by atoms with Crippen molar-refractivity contribution >= 4 is 0 Å². The Morgan fingerprint density at radius 2 is 2.35 bits per heavy atom. The molecule has 1 aliphatic rings. The number of nitrogens with two attached hydrogens (primary N) is 1. The van der Waals surface area contributed by atoms with E-state index in [1.807, 2.05) is 6.92 Å². The van der Waals surface area contributed by atoms with Crippen LogP contribution < -0.4 is 5.73 Å². The summed E-state index contributed by atoms with van der Waals surface area (Å²) >= 11 is 0. The second-order valence-corrected chi connectivity index (χ2v) is 4.54. The molecule has 2 unspecified atom stereocenters. The number of hydrogen-bond acceptors (Lipinski definition) is 6. The minimum absolute atomic E-state index is 0.330. The van der Waals surface area contributed by atoms with Gasteiger partial charge in [-0.2, -0.15) is 0 Å². The van der Waals surface area contributed by atoms with E-state index in [-0.39, 0.29) is 0 Å². The van der Waals surface area contributed by atoms with Gasteiger partial charge >= 0.3 is 0 Å². The quantitative estimate of drug-likeness (QED) is 0.816. The van der Waals surface area contributed by atoms with E-state index < -0.39 is 0 Å². The number of piperidine rings is 1. The van der Waals surface area contributed by atoms with Gasteiger partial charge in [-0.05, 0) is 19.8 Å². The molecule has 0 spiro atoms. The smallest absolute Gasteiger partial charge is 0.122 e. The fourth-order valence-corrected chi connectivity index (χ4v) is 2.32. The molecule has 0 aromatic carbocycles. The van der Waals surface area contributed by atoms with E-state index >= 15 is 0 Å². The van der Waals surface area contributed by atoms with Gasteiger partial charge in [0.15, 0.2) is 0 Å². The topological polar surface area (TPSA) is 77.4 Å². The van der Waals surface area contributed by atoms with E-state index in [1.165, 1.54) is 0 Å². The van der Waals surface area contributed by atoms with Crippen molar-refractivity contribution in [1.29, 1.82) is 0 Å². The van der Waals surface area contributed by atoms with Gasteiger partial charge in [-0.3, -0.25) is 4.90 Å². The molecule has 1 aliphatic heterocycles. The highest BCUT2D eigenvalue weighted by Gasteiger charge is 2.28. The number of aromatic nitrogens is 2. The molecule has 0 radical (unpaired) electrons. The number of ether oxygens (including phenoxy) is 1. The molecule has 2 atom stereocenters. The zero-order chi connectivity index (χ0) is 12.3. The fraction of sp³-hybridized carbons (Fsp3) is 0.818. The lowest BCUT2D eigenvalue weighted by molar-refractivity contribution is 0.00942. The number of aryl methyl sites for hydroxylation is 1. The monoisotopic (exact) mass is 240 g/mol. The standard InChI is InChI=1S/C11H20N4O2/c1-8-11(14-17-13-8)7-15-4-3-10(16-2)5-9(15)6-12/h9-10H,3-7,12H2,1-2H3. The number of hydrogen-bond donors (Lipinski definition) is 1. The maximum atomic E-state index is 5.82. The molecule has 0 aliphatic carbocycles. The summed E-state index contributed by atoms with van der Waals surface area (Å²) in [7, 11) is 1.76. The Morgan fingerprint density at radius 3 is 2.94 bits per heavy atom. The van der Waals surface area contributed by atoms with Gasteiger partial charge in [-0.25, -0.2) is 4.63 Å². The minimum Gasteiger partial charge on any atom is -0.381 e. The van der Waals surface area contributed by atoms with Gasteiger partial charge < -0.3 is 10.5 Å². The van der Waals surface area contributed by atoms with Gasteiger partial charge in [0.25, 0.3) is 0 Å². The van der Waals surface area contributed by atoms with Gasteiger partial charge in [-0.1, -0.05) is 10.3 Å². The Morgan fingerprint density at radius 1 is 1.53 bits per heavy atom. The van der Waals surface area contributed by atoms with Gasteiger partial charge in [-0.15, -0.1) is 0 Å². The van der Waals surface area contributed by atoms with Gasteiger partial charge in [0.2, 0.25) is 0 Å². The predicted octanol–water partition coefficient (Wildman–Crippen LogP) is 0.316. The Balaban J connectivity index is 1.98. The van der Waals surface area contributed by atoms with E-state index in [4.69, 9.17) is 15.1 Å². The average Bonchev–Trinajstić information content (AvgIpc) is 2.75. The fourth-order valence-electron chi connectivity index (χ4n) is 2.32. The molecule has 1 saturated heterocycles. The first-order valence-corrected chi connectivity index (χ1v) is 5.99. The molecule has 2 heterocycles. The Hall–Kier alpha value is -0.980. The van der Waals surface area contributed by atoms with E-state index in [0.29, 0.717) is 18.7 Å². The van der Waals surface area contributed by atoms with E-state index in [9.17, 15) is 0 Å². The average molecular weight is 240 g/mol. The third-order valence-corrected chi connectivity index (χ3v) is 3.49. The molecule has 6 heteroatoms. The van der Waals surface area contributed by atoms with Crippen LogP contribution in [-0.2, 0) is 11.3 Å². The maximum absolute atomic E-state index is 5.82. The molecule has 6 nitrogen and oxygen atoms in total. The summed E-state index contributed by atoms with van der Waals surface area (Å²) in [6.07, 6.45) is 2.35. The van der Waals surface area contributed by atoms with E-state index in [0.717, 1.165) is 37.3 Å². The lowest BCUT2D eigenvalue weighted by Crippen LogP contribution is -2.48. The molecule has 2 rings (SSSR count). The van der Waals surface area contributed by atoms with Crippen molar-refractivity contribution in [3.05, 3.63) is 11.4 Å². The van der Waals surface area contributed by atoms with E-state index in [1.54, 1.807) is 7.11 Å². The molecule has 1 fully saturated rings. The molecule has 0 bridgehead atoms. The largest absolute Gasteiger partial charge is 0.381 e. The summed E-state index contributed by atoms with van der Waals surface area (Å²) in [5.74, 6) is 0. The molecular formula is C11H20N4O2. The molecule has 17 heavy (non-hydrogen) atoms.